The predicted molar refractivity (Wildman–Crippen MR) is 126 cm³/mol. The first-order chi connectivity index (χ1) is 17.1. The van der Waals surface area contributed by atoms with Crippen LogP contribution in [0.5, 0.6) is 5.75 Å². The van der Waals surface area contributed by atoms with Crippen molar-refractivity contribution in [1.29, 1.82) is 5.26 Å². The summed E-state index contributed by atoms with van der Waals surface area (Å²) >= 11 is 1.49. The number of halogens is 3. The maximum absolute atomic E-state index is 12.9. The van der Waals surface area contributed by atoms with Gasteiger partial charge in [0, 0.05) is 28.7 Å². The Bertz CT molecular complexity index is 1250. The van der Waals surface area contributed by atoms with E-state index >= 15 is 0 Å². The smallest absolute Gasteiger partial charge is 0.471 e. The number of ether oxygens (including phenoxy) is 2. The Morgan fingerprint density at radius 3 is 2.75 bits per heavy atom. The molecule has 4 rings (SSSR count). The fourth-order valence-electron chi connectivity index (χ4n) is 4.25. The van der Waals surface area contributed by atoms with E-state index in [2.05, 4.69) is 5.32 Å². The molecule has 12 heteroatoms. The monoisotopic (exact) mass is 520 g/mol. The van der Waals surface area contributed by atoms with Crippen LogP contribution in [0, 0.1) is 11.3 Å². The molecule has 1 saturated heterocycles. The molecule has 0 saturated carbocycles. The number of likely N-dealkylation sites (tertiary alicyclic amines) is 1. The number of nitrogens with zero attached hydrogens (tertiary/aromatic N) is 3. The third kappa shape index (κ3) is 5.11. The zero-order valence-electron chi connectivity index (χ0n) is 19.5. The van der Waals surface area contributed by atoms with Crippen molar-refractivity contribution in [3.63, 3.8) is 0 Å². The average molecular weight is 521 g/mol. The molecule has 8 nitrogen and oxygen atoms in total. The van der Waals surface area contributed by atoms with Crippen molar-refractivity contribution in [2.75, 3.05) is 25.5 Å². The van der Waals surface area contributed by atoms with Crippen LogP contribution >= 0.6 is 11.3 Å². The number of benzene rings is 1. The molecule has 0 bridgehead atoms. The fraction of sp³-hybridized carbons (Fsp3) is 0.375. The second kappa shape index (κ2) is 10.1. The van der Waals surface area contributed by atoms with Gasteiger partial charge in [-0.05, 0) is 43.3 Å². The van der Waals surface area contributed by atoms with Crippen LogP contribution in [0.15, 0.2) is 35.3 Å². The maximum Gasteiger partial charge on any atom is 0.471 e. The number of thiophene rings is 1. The van der Waals surface area contributed by atoms with E-state index in [0.717, 1.165) is 15.3 Å². The van der Waals surface area contributed by atoms with Crippen molar-refractivity contribution in [2.45, 2.75) is 38.6 Å². The van der Waals surface area contributed by atoms with Crippen LogP contribution in [0.3, 0.4) is 0 Å². The molecule has 1 N–H and O–H groups in total. The van der Waals surface area contributed by atoms with E-state index < -0.39 is 24.3 Å². The van der Waals surface area contributed by atoms with Crippen molar-refractivity contribution in [3.8, 4) is 11.8 Å². The lowest BCUT2D eigenvalue weighted by atomic mass is 10.1. The molecule has 1 fully saturated rings. The van der Waals surface area contributed by atoms with Gasteiger partial charge in [0.2, 0.25) is 0 Å². The summed E-state index contributed by atoms with van der Waals surface area (Å²) in [5, 5.41) is 14.6. The lowest BCUT2D eigenvalue weighted by Gasteiger charge is -2.34. The van der Waals surface area contributed by atoms with Crippen LogP contribution in [0.2, 0.25) is 0 Å². The van der Waals surface area contributed by atoms with E-state index in [4.69, 9.17) is 9.47 Å². The minimum Gasteiger partial charge on any atom is -0.486 e. The van der Waals surface area contributed by atoms with Crippen LogP contribution in [-0.2, 0) is 16.1 Å². The Morgan fingerprint density at radius 2 is 2.06 bits per heavy atom. The molecule has 0 unspecified atom stereocenters. The normalized spacial score (nSPS) is 17.8. The first kappa shape index (κ1) is 25.4. The lowest BCUT2D eigenvalue weighted by molar-refractivity contribution is -0.187. The highest BCUT2D eigenvalue weighted by Gasteiger charge is 2.44. The highest BCUT2D eigenvalue weighted by Crippen LogP contribution is 2.38. The number of carbonyl (C=O) groups excluding carboxylic acids is 2. The molecule has 2 aromatic rings. The van der Waals surface area contributed by atoms with E-state index in [9.17, 15) is 28.0 Å². The highest BCUT2D eigenvalue weighted by atomic mass is 32.1. The zero-order valence-corrected chi connectivity index (χ0v) is 20.3. The van der Waals surface area contributed by atoms with Crippen LogP contribution in [-0.4, -0.2) is 54.3 Å². The molecular formula is C24H23F3N4O4S. The lowest BCUT2D eigenvalue weighted by Crippen LogP contribution is -2.49. The Kier molecular flexibility index (Phi) is 7.12. The number of methoxy groups -OCH3 is 1. The van der Waals surface area contributed by atoms with Crippen LogP contribution < -0.4 is 10.1 Å². The van der Waals surface area contributed by atoms with Gasteiger partial charge in [0.15, 0.2) is 0 Å². The Balaban J connectivity index is 1.64. The van der Waals surface area contributed by atoms with Crippen molar-refractivity contribution >= 4 is 34.7 Å². The number of amides is 2. The number of alkyl halides is 3. The van der Waals surface area contributed by atoms with Gasteiger partial charge in [-0.2, -0.15) is 18.4 Å². The Hall–Kier alpha value is -3.72. The van der Waals surface area contributed by atoms with Crippen molar-refractivity contribution in [3.05, 3.63) is 51.3 Å². The molecule has 36 heavy (non-hydrogen) atoms. The van der Waals surface area contributed by atoms with Gasteiger partial charge in [0.1, 0.15) is 11.9 Å². The van der Waals surface area contributed by atoms with E-state index in [1.165, 1.54) is 29.4 Å². The SMILES string of the molecule is COC(=O)N1Cc2sccc2C(Nc2ccc(C#N)cc2O[C@H]2CCCN(C(=O)C(F)(F)F)C2)=C1C. The molecule has 2 aliphatic heterocycles. The van der Waals surface area contributed by atoms with Crippen molar-refractivity contribution in [1.82, 2.24) is 9.80 Å². The topological polar surface area (TPSA) is 94.9 Å². The molecule has 2 aliphatic rings. The number of piperidine rings is 1. The van der Waals surface area contributed by atoms with Gasteiger partial charge in [0.25, 0.3) is 0 Å². The van der Waals surface area contributed by atoms with Gasteiger partial charge < -0.3 is 19.7 Å². The molecule has 2 amide bonds. The van der Waals surface area contributed by atoms with Crippen LogP contribution in [0.1, 0.15) is 35.8 Å². The van der Waals surface area contributed by atoms with E-state index in [0.29, 0.717) is 42.0 Å². The third-order valence-electron chi connectivity index (χ3n) is 6.05. The molecule has 0 radical (unpaired) electrons. The zero-order chi connectivity index (χ0) is 26.0. The Labute approximate surface area is 209 Å². The summed E-state index contributed by atoms with van der Waals surface area (Å²) in [6.07, 6.45) is -5.36. The molecule has 3 heterocycles. The molecule has 1 aromatic heterocycles. The number of nitriles is 1. The average Bonchev–Trinajstić information content (AvgIpc) is 3.33. The molecule has 190 valence electrons. The van der Waals surface area contributed by atoms with Gasteiger partial charge in [-0.3, -0.25) is 9.69 Å². The molecule has 0 aliphatic carbocycles. The van der Waals surface area contributed by atoms with Crippen molar-refractivity contribution < 1.29 is 32.2 Å². The second-order valence-electron chi connectivity index (χ2n) is 8.35. The maximum atomic E-state index is 12.9. The summed E-state index contributed by atoms with van der Waals surface area (Å²) in [4.78, 5) is 27.3. The van der Waals surface area contributed by atoms with Gasteiger partial charge in [0.05, 0.1) is 43.2 Å². The number of allylic oxidation sites excluding steroid dienone is 1. The number of fused-ring (bicyclic) bond motifs is 1. The number of carbonyl (C=O) groups is 2. The van der Waals surface area contributed by atoms with Crippen LogP contribution in [0.4, 0.5) is 23.7 Å². The first-order valence-electron chi connectivity index (χ1n) is 11.1. The van der Waals surface area contributed by atoms with E-state index in [1.807, 2.05) is 17.5 Å². The molecule has 1 aromatic carbocycles. The summed E-state index contributed by atoms with van der Waals surface area (Å²) in [5.74, 6) is -1.64. The standard InChI is InChI=1S/C24H23F3N4O4S/c1-14-21(17-7-9-36-20(17)13-31(14)23(33)34-2)29-18-6-5-15(11-28)10-19(18)35-16-4-3-8-30(12-16)22(32)24(25,26)27/h5-7,9-10,16,29H,3-4,8,12-13H2,1-2H3/t16-/m0/s1. The van der Waals surface area contributed by atoms with Crippen LogP contribution in [0.25, 0.3) is 5.70 Å². The summed E-state index contributed by atoms with van der Waals surface area (Å²) in [6, 6.07) is 8.67. The molecule has 1 atom stereocenters. The minimum absolute atomic E-state index is 0.00206. The number of rotatable bonds is 4. The van der Waals surface area contributed by atoms with E-state index in [-0.39, 0.29) is 18.8 Å². The predicted octanol–water partition coefficient (Wildman–Crippen LogP) is 4.93. The number of nitrogens with one attached hydrogen (secondary N) is 1. The van der Waals surface area contributed by atoms with Gasteiger partial charge in [-0.25, -0.2) is 4.79 Å². The largest absolute Gasteiger partial charge is 0.486 e. The highest BCUT2D eigenvalue weighted by molar-refractivity contribution is 7.10. The number of hydrogen-bond acceptors (Lipinski definition) is 7. The summed E-state index contributed by atoms with van der Waals surface area (Å²) in [6.45, 7) is 1.91. The van der Waals surface area contributed by atoms with Crippen molar-refractivity contribution in [2.24, 2.45) is 0 Å². The number of hydrogen-bond donors (Lipinski definition) is 1. The summed E-state index contributed by atoms with van der Waals surface area (Å²) in [7, 11) is 1.30. The Morgan fingerprint density at radius 1 is 1.28 bits per heavy atom. The summed E-state index contributed by atoms with van der Waals surface area (Å²) in [5.41, 5.74) is 2.91. The quantitative estimate of drug-likeness (QED) is 0.614. The van der Waals surface area contributed by atoms with E-state index in [1.54, 1.807) is 19.1 Å². The van der Waals surface area contributed by atoms with Gasteiger partial charge >= 0.3 is 18.2 Å². The fourth-order valence-corrected chi connectivity index (χ4v) is 5.12. The summed E-state index contributed by atoms with van der Waals surface area (Å²) < 4.78 is 49.8. The first-order valence-corrected chi connectivity index (χ1v) is 12.0. The molecular weight excluding hydrogens is 497 g/mol. The second-order valence-corrected chi connectivity index (χ2v) is 9.35. The number of anilines is 1. The minimum atomic E-state index is -4.95. The third-order valence-corrected chi connectivity index (χ3v) is 6.96. The van der Waals surface area contributed by atoms with Gasteiger partial charge in [-0.1, -0.05) is 0 Å². The molecule has 0 spiro atoms. The van der Waals surface area contributed by atoms with Gasteiger partial charge in [-0.15, -0.1) is 11.3 Å².